The smallest absolute Gasteiger partial charge is 0.0515 e. The molecule has 0 saturated heterocycles. The molecule has 2 atom stereocenters. The molecule has 0 amide bonds. The molecule has 2 unspecified atom stereocenters. The monoisotopic (exact) mass is 275 g/mol. The number of nitrogens with two attached hydrogens (primary N) is 1. The van der Waals surface area contributed by atoms with Crippen molar-refractivity contribution in [3.05, 3.63) is 52.5 Å². The van der Waals surface area contributed by atoms with E-state index in [1.165, 1.54) is 10.4 Å². The minimum Gasteiger partial charge on any atom is -0.326 e. The first-order chi connectivity index (χ1) is 9.22. The zero-order valence-corrected chi connectivity index (χ0v) is 12.3. The van der Waals surface area contributed by atoms with Crippen molar-refractivity contribution in [1.29, 1.82) is 0 Å². The lowest BCUT2D eigenvalue weighted by molar-refractivity contribution is 0.203. The van der Waals surface area contributed by atoms with Crippen LogP contribution in [-0.2, 0) is 6.54 Å². The van der Waals surface area contributed by atoms with Gasteiger partial charge in [-0.25, -0.2) is 0 Å². The average molecular weight is 275 g/mol. The van der Waals surface area contributed by atoms with Crippen LogP contribution < -0.4 is 5.73 Å². The summed E-state index contributed by atoms with van der Waals surface area (Å²) in [5.74, 6) is 0. The van der Waals surface area contributed by atoms with Crippen LogP contribution >= 0.6 is 11.3 Å². The Bertz CT molecular complexity index is 469. The van der Waals surface area contributed by atoms with Gasteiger partial charge in [0.1, 0.15) is 0 Å². The molecule has 102 valence electrons. The molecule has 0 saturated carbocycles. The van der Waals surface area contributed by atoms with Gasteiger partial charge in [-0.05, 0) is 36.5 Å². The minimum absolute atomic E-state index is 0.120. The molecule has 0 aliphatic rings. The van der Waals surface area contributed by atoms with Crippen LogP contribution in [0.5, 0.6) is 0 Å². The second kappa shape index (κ2) is 6.80. The Morgan fingerprint density at radius 1 is 1.37 bits per heavy atom. The van der Waals surface area contributed by atoms with Crippen molar-refractivity contribution in [1.82, 2.24) is 9.88 Å². The number of aromatic nitrogens is 1. The topological polar surface area (TPSA) is 42.1 Å². The van der Waals surface area contributed by atoms with Crippen molar-refractivity contribution >= 4 is 11.3 Å². The fourth-order valence-electron chi connectivity index (χ4n) is 2.35. The number of nitrogens with zero attached hydrogens (tertiary/aromatic N) is 2. The van der Waals surface area contributed by atoms with E-state index < -0.39 is 0 Å². The molecule has 0 aliphatic carbocycles. The summed E-state index contributed by atoms with van der Waals surface area (Å²) in [6, 6.07) is 8.67. The Morgan fingerprint density at radius 2 is 2.21 bits per heavy atom. The summed E-state index contributed by atoms with van der Waals surface area (Å²) >= 11 is 1.79. The van der Waals surface area contributed by atoms with Crippen LogP contribution in [0.15, 0.2) is 42.0 Å². The highest BCUT2D eigenvalue weighted by molar-refractivity contribution is 7.09. The zero-order chi connectivity index (χ0) is 13.7. The quantitative estimate of drug-likeness (QED) is 0.881. The molecule has 2 aromatic heterocycles. The lowest BCUT2D eigenvalue weighted by Gasteiger charge is -2.32. The van der Waals surface area contributed by atoms with E-state index in [2.05, 4.69) is 47.4 Å². The number of likely N-dealkylation sites (N-methyl/N-ethyl adjacent to an activating group) is 1. The van der Waals surface area contributed by atoms with Gasteiger partial charge in [-0.3, -0.25) is 9.88 Å². The molecule has 0 aromatic carbocycles. The fraction of sp³-hybridized carbons (Fsp3) is 0.400. The van der Waals surface area contributed by atoms with Gasteiger partial charge in [-0.2, -0.15) is 0 Å². The van der Waals surface area contributed by atoms with Crippen LogP contribution in [-0.4, -0.2) is 23.0 Å². The van der Waals surface area contributed by atoms with Crippen molar-refractivity contribution < 1.29 is 0 Å². The number of thiophene rings is 1. The van der Waals surface area contributed by atoms with E-state index in [1.807, 2.05) is 12.3 Å². The van der Waals surface area contributed by atoms with Gasteiger partial charge in [0.2, 0.25) is 0 Å². The molecular formula is C15H21N3S. The van der Waals surface area contributed by atoms with Gasteiger partial charge in [0.05, 0.1) is 6.04 Å². The second-order valence-electron chi connectivity index (χ2n) is 4.80. The highest BCUT2D eigenvalue weighted by Gasteiger charge is 2.23. The largest absolute Gasteiger partial charge is 0.326 e. The molecule has 2 heterocycles. The summed E-state index contributed by atoms with van der Waals surface area (Å²) in [5, 5.41) is 2.11. The maximum absolute atomic E-state index is 6.31. The van der Waals surface area contributed by atoms with Gasteiger partial charge in [0, 0.05) is 29.9 Å². The summed E-state index contributed by atoms with van der Waals surface area (Å²) in [7, 11) is 2.13. The molecule has 2 rings (SSSR count). The normalized spacial score (nSPS) is 14.5. The maximum Gasteiger partial charge on any atom is 0.0515 e. The number of rotatable bonds is 6. The second-order valence-corrected chi connectivity index (χ2v) is 5.83. The molecule has 2 N–H and O–H groups in total. The molecule has 0 bridgehead atoms. The SMILES string of the molecule is CCC(N)C(c1cccnc1)N(C)Cc1cccs1. The van der Waals surface area contributed by atoms with E-state index in [9.17, 15) is 0 Å². The first-order valence-corrected chi connectivity index (χ1v) is 7.48. The van der Waals surface area contributed by atoms with Crippen molar-refractivity contribution in [2.75, 3.05) is 7.05 Å². The number of hydrogen-bond donors (Lipinski definition) is 1. The van der Waals surface area contributed by atoms with Gasteiger partial charge in [-0.15, -0.1) is 11.3 Å². The van der Waals surface area contributed by atoms with Crippen LogP contribution in [0.3, 0.4) is 0 Å². The lowest BCUT2D eigenvalue weighted by atomic mass is 9.98. The van der Waals surface area contributed by atoms with Crippen molar-refractivity contribution in [2.24, 2.45) is 5.73 Å². The van der Waals surface area contributed by atoms with Gasteiger partial charge < -0.3 is 5.73 Å². The third kappa shape index (κ3) is 3.62. The molecule has 2 aromatic rings. The van der Waals surface area contributed by atoms with E-state index in [1.54, 1.807) is 17.5 Å². The highest BCUT2D eigenvalue weighted by atomic mass is 32.1. The molecule has 0 fully saturated rings. The van der Waals surface area contributed by atoms with E-state index >= 15 is 0 Å². The van der Waals surface area contributed by atoms with Crippen LogP contribution in [0.25, 0.3) is 0 Å². The molecule has 4 heteroatoms. The Kier molecular flexibility index (Phi) is 5.07. The summed E-state index contributed by atoms with van der Waals surface area (Å²) in [6.45, 7) is 3.05. The van der Waals surface area contributed by atoms with Gasteiger partial charge in [-0.1, -0.05) is 19.1 Å². The molecule has 19 heavy (non-hydrogen) atoms. The van der Waals surface area contributed by atoms with Crippen LogP contribution in [0, 0.1) is 0 Å². The summed E-state index contributed by atoms with van der Waals surface area (Å²) in [4.78, 5) is 7.90. The first kappa shape index (κ1) is 14.2. The molecule has 0 spiro atoms. The summed E-state index contributed by atoms with van der Waals surface area (Å²) < 4.78 is 0. The number of pyridine rings is 1. The summed E-state index contributed by atoms with van der Waals surface area (Å²) in [5.41, 5.74) is 7.50. The molecule has 0 aliphatic heterocycles. The predicted molar refractivity (Wildman–Crippen MR) is 81.0 cm³/mol. The molecule has 0 radical (unpaired) electrons. The van der Waals surface area contributed by atoms with Gasteiger partial charge >= 0.3 is 0 Å². The third-order valence-electron chi connectivity index (χ3n) is 3.36. The third-order valence-corrected chi connectivity index (χ3v) is 4.22. The Labute approximate surface area is 119 Å². The average Bonchev–Trinajstić information content (AvgIpc) is 2.93. The summed E-state index contributed by atoms with van der Waals surface area (Å²) in [6.07, 6.45) is 4.68. The number of hydrogen-bond acceptors (Lipinski definition) is 4. The highest BCUT2D eigenvalue weighted by Crippen LogP contribution is 2.25. The van der Waals surface area contributed by atoms with E-state index in [0.29, 0.717) is 0 Å². The zero-order valence-electron chi connectivity index (χ0n) is 11.5. The maximum atomic E-state index is 6.31. The van der Waals surface area contributed by atoms with Crippen LogP contribution in [0.2, 0.25) is 0 Å². The first-order valence-electron chi connectivity index (χ1n) is 6.60. The Hall–Kier alpha value is -1.23. The van der Waals surface area contributed by atoms with Crippen molar-refractivity contribution in [3.63, 3.8) is 0 Å². The molecular weight excluding hydrogens is 254 g/mol. The lowest BCUT2D eigenvalue weighted by Crippen LogP contribution is -2.38. The van der Waals surface area contributed by atoms with E-state index in [-0.39, 0.29) is 12.1 Å². The van der Waals surface area contributed by atoms with Gasteiger partial charge in [0.15, 0.2) is 0 Å². The minimum atomic E-state index is 0.120. The Balaban J connectivity index is 2.18. The van der Waals surface area contributed by atoms with Crippen molar-refractivity contribution in [2.45, 2.75) is 32.0 Å². The van der Waals surface area contributed by atoms with E-state index in [0.717, 1.165) is 13.0 Å². The standard InChI is InChI=1S/C15H21N3S/c1-3-14(16)15(12-6-4-8-17-10-12)18(2)11-13-7-5-9-19-13/h4-10,14-15H,3,11,16H2,1-2H3. The van der Waals surface area contributed by atoms with Crippen LogP contribution in [0.4, 0.5) is 0 Å². The molecule has 3 nitrogen and oxygen atoms in total. The van der Waals surface area contributed by atoms with Crippen molar-refractivity contribution in [3.8, 4) is 0 Å². The fourth-order valence-corrected chi connectivity index (χ4v) is 3.12. The van der Waals surface area contributed by atoms with Crippen LogP contribution in [0.1, 0.15) is 29.8 Å². The van der Waals surface area contributed by atoms with E-state index in [4.69, 9.17) is 5.73 Å². The van der Waals surface area contributed by atoms with Gasteiger partial charge in [0.25, 0.3) is 0 Å². The predicted octanol–water partition coefficient (Wildman–Crippen LogP) is 3.05. The Morgan fingerprint density at radius 3 is 2.79 bits per heavy atom.